The molecule has 1 saturated heterocycles. The Morgan fingerprint density at radius 1 is 0.789 bits per heavy atom. The summed E-state index contributed by atoms with van der Waals surface area (Å²) in [5.74, 6) is 0. The zero-order valence-electron chi connectivity index (χ0n) is 11.5. The van der Waals surface area contributed by atoms with Crippen LogP contribution in [0, 0.1) is 0 Å². The van der Waals surface area contributed by atoms with E-state index in [1.165, 1.54) is 0 Å². The van der Waals surface area contributed by atoms with Gasteiger partial charge in [0.25, 0.3) is 0 Å². The summed E-state index contributed by atoms with van der Waals surface area (Å²) in [6, 6.07) is -0.408. The van der Waals surface area contributed by atoms with Gasteiger partial charge in [-0.25, -0.2) is 0 Å². The topological polar surface area (TPSA) is 100 Å². The molecule has 7 nitrogen and oxygen atoms in total. The van der Waals surface area contributed by atoms with Crippen molar-refractivity contribution in [1.29, 1.82) is 0 Å². The van der Waals surface area contributed by atoms with Crippen molar-refractivity contribution in [2.45, 2.75) is 12.1 Å². The van der Waals surface area contributed by atoms with Gasteiger partial charge in [-0.15, -0.1) is 0 Å². The van der Waals surface area contributed by atoms with E-state index < -0.39 is 12.1 Å². The highest BCUT2D eigenvalue weighted by Gasteiger charge is 2.24. The summed E-state index contributed by atoms with van der Waals surface area (Å²) in [5, 5.41) is 38.2. The molecule has 0 aromatic heterocycles. The first kappa shape index (κ1) is 16.8. The fourth-order valence-electron chi connectivity index (χ4n) is 2.22. The third-order valence-corrected chi connectivity index (χ3v) is 3.40. The van der Waals surface area contributed by atoms with Crippen LogP contribution in [0.15, 0.2) is 0 Å². The minimum Gasteiger partial charge on any atom is -0.395 e. The smallest absolute Gasteiger partial charge is 0.0947 e. The Balaban J connectivity index is 2.48. The fourth-order valence-corrected chi connectivity index (χ4v) is 2.22. The highest BCUT2D eigenvalue weighted by molar-refractivity contribution is 4.79. The highest BCUT2D eigenvalue weighted by atomic mass is 16.3. The van der Waals surface area contributed by atoms with Crippen LogP contribution < -0.4 is 16.0 Å². The minimum absolute atomic E-state index is 0.150. The van der Waals surface area contributed by atoms with E-state index in [2.05, 4.69) is 16.0 Å². The van der Waals surface area contributed by atoms with Crippen molar-refractivity contribution in [2.24, 2.45) is 0 Å². The van der Waals surface area contributed by atoms with E-state index in [9.17, 15) is 10.2 Å². The molecule has 0 spiro atoms. The van der Waals surface area contributed by atoms with Crippen LogP contribution in [0.4, 0.5) is 0 Å². The number of nitrogens with one attached hydrogen (secondary N) is 3. The van der Waals surface area contributed by atoms with E-state index in [1.807, 2.05) is 4.90 Å². The van der Waals surface area contributed by atoms with E-state index in [-0.39, 0.29) is 13.2 Å². The van der Waals surface area contributed by atoms with E-state index in [0.717, 1.165) is 52.4 Å². The summed E-state index contributed by atoms with van der Waals surface area (Å²) < 4.78 is 0. The minimum atomic E-state index is -0.903. The van der Waals surface area contributed by atoms with Crippen LogP contribution in [0.5, 0.6) is 0 Å². The van der Waals surface area contributed by atoms with Crippen LogP contribution in [0.25, 0.3) is 0 Å². The van der Waals surface area contributed by atoms with Crippen LogP contribution in [0.2, 0.25) is 0 Å². The monoisotopic (exact) mass is 276 g/mol. The van der Waals surface area contributed by atoms with E-state index >= 15 is 0 Å². The summed E-state index contributed by atoms with van der Waals surface area (Å²) in [6.07, 6.45) is -0.903. The Morgan fingerprint density at radius 2 is 1.26 bits per heavy atom. The molecule has 2 atom stereocenters. The molecule has 7 heteroatoms. The van der Waals surface area contributed by atoms with Crippen molar-refractivity contribution in [3.8, 4) is 0 Å². The largest absolute Gasteiger partial charge is 0.395 e. The molecule has 0 aliphatic carbocycles. The molecule has 114 valence electrons. The lowest BCUT2D eigenvalue weighted by Gasteiger charge is -2.33. The number of aliphatic hydroxyl groups excluding tert-OH is 3. The summed E-state index contributed by atoms with van der Waals surface area (Å²) in [5.41, 5.74) is 0. The third kappa shape index (κ3) is 6.62. The second-order valence-electron chi connectivity index (χ2n) is 4.79. The maximum atomic E-state index is 9.76. The van der Waals surface area contributed by atoms with Gasteiger partial charge in [0, 0.05) is 52.4 Å². The molecule has 6 N–H and O–H groups in total. The Morgan fingerprint density at radius 3 is 1.68 bits per heavy atom. The van der Waals surface area contributed by atoms with Gasteiger partial charge < -0.3 is 31.3 Å². The van der Waals surface area contributed by atoms with Crippen LogP contribution in [0.1, 0.15) is 0 Å². The van der Waals surface area contributed by atoms with Gasteiger partial charge >= 0.3 is 0 Å². The van der Waals surface area contributed by atoms with Gasteiger partial charge in [0.1, 0.15) is 0 Å². The van der Waals surface area contributed by atoms with Crippen molar-refractivity contribution >= 4 is 0 Å². The lowest BCUT2D eigenvalue weighted by Crippen LogP contribution is -2.52. The van der Waals surface area contributed by atoms with Gasteiger partial charge in [-0.3, -0.25) is 4.90 Å². The molecule has 0 bridgehead atoms. The van der Waals surface area contributed by atoms with E-state index in [4.69, 9.17) is 5.11 Å². The number of hydrogen-bond donors (Lipinski definition) is 6. The van der Waals surface area contributed by atoms with Crippen LogP contribution >= 0.6 is 0 Å². The Bertz CT molecular complexity index is 209. The van der Waals surface area contributed by atoms with Crippen molar-refractivity contribution < 1.29 is 15.3 Å². The maximum Gasteiger partial charge on any atom is 0.0947 e. The predicted molar refractivity (Wildman–Crippen MR) is 74.1 cm³/mol. The fraction of sp³-hybridized carbons (Fsp3) is 1.00. The first-order valence-corrected chi connectivity index (χ1v) is 7.05. The third-order valence-electron chi connectivity index (χ3n) is 3.40. The molecule has 0 radical (unpaired) electrons. The highest BCUT2D eigenvalue weighted by Crippen LogP contribution is 2.04. The standard InChI is InChI=1S/C12H28N4O3/c17-9-11(12(19)10-18)16-7-5-14-3-1-13-2-4-15-6-8-16/h11-15,17-19H,1-10H2/t11-,12-/m0/s1. The molecule has 1 fully saturated rings. The second-order valence-corrected chi connectivity index (χ2v) is 4.79. The summed E-state index contributed by atoms with van der Waals surface area (Å²) in [7, 11) is 0. The van der Waals surface area contributed by atoms with Crippen LogP contribution in [-0.4, -0.2) is 97.9 Å². The lowest BCUT2D eigenvalue weighted by molar-refractivity contribution is -0.0124. The summed E-state index contributed by atoms with van der Waals surface area (Å²) in [4.78, 5) is 2.02. The average Bonchev–Trinajstić information content (AvgIpc) is 2.41. The molecule has 0 aromatic rings. The molecular formula is C12H28N4O3. The predicted octanol–water partition coefficient (Wildman–Crippen LogP) is -3.22. The molecule has 19 heavy (non-hydrogen) atoms. The van der Waals surface area contributed by atoms with Crippen molar-refractivity contribution in [3.63, 3.8) is 0 Å². The van der Waals surface area contributed by atoms with Crippen LogP contribution in [0.3, 0.4) is 0 Å². The van der Waals surface area contributed by atoms with E-state index in [0.29, 0.717) is 0 Å². The number of rotatable bonds is 4. The molecular weight excluding hydrogens is 248 g/mol. The normalized spacial score (nSPS) is 24.2. The summed E-state index contributed by atoms with van der Waals surface area (Å²) >= 11 is 0. The molecule has 1 rings (SSSR count). The molecule has 1 aliphatic heterocycles. The van der Waals surface area contributed by atoms with E-state index in [1.54, 1.807) is 0 Å². The second kappa shape index (κ2) is 10.5. The molecule has 0 saturated carbocycles. The SMILES string of the molecule is OC[C@H](O)[C@H](CO)N1CCNCCNCCNCC1. The zero-order valence-corrected chi connectivity index (χ0v) is 11.5. The summed E-state index contributed by atoms with van der Waals surface area (Å²) in [6.45, 7) is 6.28. The zero-order chi connectivity index (χ0) is 13.9. The maximum absolute atomic E-state index is 9.76. The van der Waals surface area contributed by atoms with Crippen molar-refractivity contribution in [2.75, 3.05) is 65.6 Å². The van der Waals surface area contributed by atoms with Gasteiger partial charge in [0.15, 0.2) is 0 Å². The first-order valence-electron chi connectivity index (χ1n) is 7.05. The quantitative estimate of drug-likeness (QED) is 0.321. The van der Waals surface area contributed by atoms with Crippen molar-refractivity contribution in [3.05, 3.63) is 0 Å². The Hall–Kier alpha value is -0.280. The molecule has 0 aromatic carbocycles. The first-order chi connectivity index (χ1) is 9.29. The van der Waals surface area contributed by atoms with Crippen LogP contribution in [-0.2, 0) is 0 Å². The Kier molecular flexibility index (Phi) is 9.27. The number of hydrogen-bond acceptors (Lipinski definition) is 7. The average molecular weight is 276 g/mol. The number of aliphatic hydroxyl groups is 3. The molecule has 0 amide bonds. The van der Waals surface area contributed by atoms with Gasteiger partial charge in [-0.05, 0) is 0 Å². The van der Waals surface area contributed by atoms with Gasteiger partial charge in [-0.2, -0.15) is 0 Å². The van der Waals surface area contributed by atoms with Crippen molar-refractivity contribution in [1.82, 2.24) is 20.9 Å². The molecule has 1 heterocycles. The number of nitrogens with zero attached hydrogens (tertiary/aromatic N) is 1. The molecule has 1 aliphatic rings. The van der Waals surface area contributed by atoms with Gasteiger partial charge in [0.2, 0.25) is 0 Å². The van der Waals surface area contributed by atoms with Gasteiger partial charge in [-0.1, -0.05) is 0 Å². The lowest BCUT2D eigenvalue weighted by atomic mass is 10.1. The molecule has 0 unspecified atom stereocenters. The van der Waals surface area contributed by atoms with Gasteiger partial charge in [0.05, 0.1) is 25.4 Å². The Labute approximate surface area is 115 Å².